The Labute approximate surface area is 97.9 Å². The van der Waals surface area contributed by atoms with Crippen LogP contribution in [0.1, 0.15) is 27.2 Å². The Hall–Kier alpha value is -0.313. The van der Waals surface area contributed by atoms with Gasteiger partial charge in [-0.2, -0.15) is 0 Å². The monoisotopic (exact) mass is 210 g/mol. The third-order valence-corrected chi connectivity index (χ3v) is 0.863. The normalized spacial score (nSPS) is 8.29. The zero-order valence-electron chi connectivity index (χ0n) is 8.83. The van der Waals surface area contributed by atoms with Crippen LogP contribution in [-0.2, 0) is 14.1 Å². The molecule has 0 unspecified atom stereocenters. The minimum absolute atomic E-state index is 0. The Morgan fingerprint density at radius 1 is 1.57 bits per heavy atom. The zero-order valence-corrected chi connectivity index (χ0v) is 9.72. The maximum absolute atomic E-state index is 9.77. The van der Waals surface area contributed by atoms with Crippen LogP contribution in [0.2, 0.25) is 0 Å². The van der Waals surface area contributed by atoms with Crippen molar-refractivity contribution in [3.05, 3.63) is 0 Å². The summed E-state index contributed by atoms with van der Waals surface area (Å²) in [6.45, 7) is 6.75. The summed E-state index contributed by atoms with van der Waals surface area (Å²) in [5, 5.41) is 0. The summed E-state index contributed by atoms with van der Waals surface area (Å²) in [5.74, 6) is 5.59. The molecule has 0 aliphatic rings. The second-order valence-corrected chi connectivity index (χ2v) is 2.60. The number of hydrogen-bond acceptors (Lipinski definition) is 3. The van der Waals surface area contributed by atoms with Crippen LogP contribution >= 0.6 is 8.69 Å². The molecule has 0 heterocycles. The summed E-state index contributed by atoms with van der Waals surface area (Å²) in [6.07, 6.45) is 0.769. The van der Waals surface area contributed by atoms with E-state index in [1.807, 2.05) is 6.92 Å². The topological polar surface area (TPSA) is 63.6 Å². The van der Waals surface area contributed by atoms with Gasteiger partial charge in [0, 0.05) is 6.42 Å². The van der Waals surface area contributed by atoms with Crippen LogP contribution in [0.25, 0.3) is 0 Å². The molecular formula is C8H12LiO4P. The van der Waals surface area contributed by atoms with Crippen molar-refractivity contribution in [2.24, 2.45) is 0 Å². The largest absolute Gasteiger partial charge is 1.00 e. The van der Waals surface area contributed by atoms with Gasteiger partial charge in [0.1, 0.15) is 5.60 Å². The van der Waals surface area contributed by atoms with E-state index >= 15 is 0 Å². The number of hydrogen-bond donors (Lipinski definition) is 1. The molecule has 0 aromatic carbocycles. The molecule has 0 aliphatic carbocycles. The third kappa shape index (κ3) is 17.7. The van der Waals surface area contributed by atoms with E-state index in [0.717, 1.165) is 6.42 Å². The summed E-state index contributed by atoms with van der Waals surface area (Å²) in [5.41, 5.74) is -0.683. The molecular weight excluding hydrogens is 198 g/mol. The number of ether oxygens (including phenoxy) is 1. The molecule has 0 aliphatic heterocycles. The minimum Gasteiger partial charge on any atom is -0.641 e. The molecule has 4 nitrogen and oxygen atoms in total. The molecule has 0 amide bonds. The first kappa shape index (κ1) is 19.3. The first-order chi connectivity index (χ1) is 6.04. The van der Waals surface area contributed by atoms with Crippen LogP contribution in [0.15, 0.2) is 0 Å². The average molecular weight is 210 g/mol. The quantitative estimate of drug-likeness (QED) is 0.259. The Kier molecular flexibility index (Phi) is 17.5. The second-order valence-electron chi connectivity index (χ2n) is 2.43. The van der Waals surface area contributed by atoms with Gasteiger partial charge in [-0.3, -0.25) is 0 Å². The van der Waals surface area contributed by atoms with Crippen molar-refractivity contribution in [1.82, 2.24) is 0 Å². The van der Waals surface area contributed by atoms with Crippen LogP contribution in [0.3, 0.4) is 0 Å². The van der Waals surface area contributed by atoms with E-state index < -0.39 is 14.3 Å². The second kappa shape index (κ2) is 12.7. The zero-order chi connectivity index (χ0) is 10.7. The number of rotatable bonds is 2. The molecule has 0 bridgehead atoms. The van der Waals surface area contributed by atoms with E-state index in [-0.39, 0.29) is 18.9 Å². The molecule has 0 atom stereocenters. The molecule has 14 heavy (non-hydrogen) atoms. The van der Waals surface area contributed by atoms with Gasteiger partial charge in [0.15, 0.2) is 0 Å². The van der Waals surface area contributed by atoms with Crippen LogP contribution in [0, 0.1) is 11.8 Å². The van der Waals surface area contributed by atoms with Crippen molar-refractivity contribution in [2.45, 2.75) is 32.8 Å². The molecule has 0 spiro atoms. The Balaban J connectivity index is -0.000000267. The van der Waals surface area contributed by atoms with Gasteiger partial charge in [0.25, 0.3) is 0 Å². The predicted molar refractivity (Wildman–Crippen MR) is 48.7 cm³/mol. The fourth-order valence-electron chi connectivity index (χ4n) is 0.431. The van der Waals surface area contributed by atoms with Crippen LogP contribution in [-0.4, -0.2) is 17.0 Å². The fourth-order valence-corrected chi connectivity index (χ4v) is 0.431. The molecule has 74 valence electrons. The van der Waals surface area contributed by atoms with Crippen LogP contribution in [0.5, 0.6) is 0 Å². The molecule has 0 aromatic heterocycles. The molecule has 0 radical (unpaired) electrons. The van der Waals surface area contributed by atoms with Crippen molar-refractivity contribution in [3.63, 3.8) is 0 Å². The van der Waals surface area contributed by atoms with Gasteiger partial charge in [0.2, 0.25) is 0 Å². The molecule has 0 rings (SSSR count). The van der Waals surface area contributed by atoms with E-state index in [2.05, 4.69) is 16.6 Å². The minimum atomic E-state index is -0.833. The SMILES string of the molecule is CCC#CC(C)(C)O[C-]=O.O=PO.[Li+]. The van der Waals surface area contributed by atoms with Crippen molar-refractivity contribution >= 4 is 15.2 Å². The van der Waals surface area contributed by atoms with Gasteiger partial charge in [0.05, 0.1) is 0 Å². The average Bonchev–Trinajstić information content (AvgIpc) is 2.02. The van der Waals surface area contributed by atoms with Gasteiger partial charge in [-0.25, -0.2) is 4.57 Å². The van der Waals surface area contributed by atoms with E-state index in [1.165, 1.54) is 6.47 Å². The molecule has 0 aromatic rings. The van der Waals surface area contributed by atoms with Gasteiger partial charge >= 0.3 is 27.5 Å². The summed E-state index contributed by atoms with van der Waals surface area (Å²) in [7, 11) is -0.833. The third-order valence-electron chi connectivity index (χ3n) is 0.863. The summed E-state index contributed by atoms with van der Waals surface area (Å²) < 4.78 is 13.0. The molecule has 6 heteroatoms. The fraction of sp³-hybridized carbons (Fsp3) is 0.625. The molecule has 0 fully saturated rings. The summed E-state index contributed by atoms with van der Waals surface area (Å²) in [6, 6.07) is 0. The Bertz CT molecular complexity index is 207. The first-order valence-electron chi connectivity index (χ1n) is 3.56. The van der Waals surface area contributed by atoms with Crippen molar-refractivity contribution in [2.75, 3.05) is 0 Å². The Morgan fingerprint density at radius 2 is 2.00 bits per heavy atom. The van der Waals surface area contributed by atoms with E-state index in [1.54, 1.807) is 13.8 Å². The first-order valence-corrected chi connectivity index (χ1v) is 4.32. The summed E-state index contributed by atoms with van der Waals surface area (Å²) in [4.78, 5) is 16.8. The Morgan fingerprint density at radius 3 is 2.29 bits per heavy atom. The maximum atomic E-state index is 9.77. The van der Waals surface area contributed by atoms with Crippen LogP contribution < -0.4 is 18.9 Å². The molecule has 0 saturated carbocycles. The predicted octanol–water partition coefficient (Wildman–Crippen LogP) is -1.55. The van der Waals surface area contributed by atoms with Gasteiger partial charge in [-0.1, -0.05) is 25.2 Å². The smallest absolute Gasteiger partial charge is 0.641 e. The molecule has 0 saturated heterocycles. The van der Waals surface area contributed by atoms with Crippen molar-refractivity contribution in [1.29, 1.82) is 0 Å². The van der Waals surface area contributed by atoms with Crippen LogP contribution in [0.4, 0.5) is 0 Å². The van der Waals surface area contributed by atoms with Gasteiger partial charge in [-0.05, 0) is 13.8 Å². The van der Waals surface area contributed by atoms with E-state index in [4.69, 9.17) is 9.46 Å². The van der Waals surface area contributed by atoms with E-state index in [9.17, 15) is 4.79 Å². The van der Waals surface area contributed by atoms with Crippen molar-refractivity contribution in [3.8, 4) is 11.8 Å². The van der Waals surface area contributed by atoms with Crippen molar-refractivity contribution < 1.29 is 37.9 Å². The van der Waals surface area contributed by atoms with E-state index in [0.29, 0.717) is 0 Å². The molecule has 1 N–H and O–H groups in total. The van der Waals surface area contributed by atoms with Gasteiger partial charge < -0.3 is 14.4 Å². The number of carbonyl (C=O) groups excluding carboxylic acids is 1. The van der Waals surface area contributed by atoms with Gasteiger partial charge in [-0.15, -0.1) is 0 Å². The standard InChI is InChI=1S/C8H11O2.Li.HO2P/c1-4-5-6-8(2,3)10-7-9;;1-3-2/h4H2,1-3H3;;(H,1,2)/q-1;+1;. The summed E-state index contributed by atoms with van der Waals surface area (Å²) >= 11 is 0. The maximum Gasteiger partial charge on any atom is 1.00 e.